The minimum absolute atomic E-state index is 0.0707. The zero-order valence-electron chi connectivity index (χ0n) is 20.0. The highest BCUT2D eigenvalue weighted by atomic mass is 32.1. The van der Waals surface area contributed by atoms with Gasteiger partial charge in [0.2, 0.25) is 5.91 Å². The predicted octanol–water partition coefficient (Wildman–Crippen LogP) is 3.87. The Morgan fingerprint density at radius 2 is 1.85 bits per heavy atom. The van der Waals surface area contributed by atoms with E-state index in [1.807, 2.05) is 63.1 Å². The van der Waals surface area contributed by atoms with Gasteiger partial charge in [0.05, 0.1) is 31.0 Å². The van der Waals surface area contributed by atoms with E-state index in [1.165, 1.54) is 11.3 Å². The molecule has 1 aliphatic heterocycles. The summed E-state index contributed by atoms with van der Waals surface area (Å²) in [5.74, 6) is 0.509. The summed E-state index contributed by atoms with van der Waals surface area (Å²) in [5.41, 5.74) is 4.28. The lowest BCUT2D eigenvalue weighted by Crippen LogP contribution is -2.41. The molecule has 0 bridgehead atoms. The Bertz CT molecular complexity index is 1150. The molecule has 0 saturated carbocycles. The molecule has 0 aliphatic carbocycles. The van der Waals surface area contributed by atoms with Crippen molar-refractivity contribution in [2.24, 2.45) is 0 Å². The summed E-state index contributed by atoms with van der Waals surface area (Å²) in [6.07, 6.45) is 0. The van der Waals surface area contributed by atoms with Crippen LogP contribution in [0.2, 0.25) is 0 Å². The van der Waals surface area contributed by atoms with E-state index in [2.05, 4.69) is 10.5 Å². The molecule has 180 valence electrons. The summed E-state index contributed by atoms with van der Waals surface area (Å²) in [7, 11) is 1.88. The monoisotopic (exact) mass is 482 g/mol. The fraction of sp³-hybridized carbons (Fsp3) is 0.400. The number of morpholine rings is 1. The smallest absolute Gasteiger partial charge is 0.257 e. The van der Waals surface area contributed by atoms with Crippen molar-refractivity contribution >= 4 is 28.2 Å². The van der Waals surface area contributed by atoms with Gasteiger partial charge in [-0.05, 0) is 38.9 Å². The third-order valence-corrected chi connectivity index (χ3v) is 7.23. The van der Waals surface area contributed by atoms with Gasteiger partial charge in [-0.25, -0.2) is 0 Å². The first-order valence-corrected chi connectivity index (χ1v) is 12.1. The molecule has 1 fully saturated rings. The fourth-order valence-corrected chi connectivity index (χ4v) is 5.33. The van der Waals surface area contributed by atoms with E-state index in [1.54, 1.807) is 4.90 Å². The Morgan fingerprint density at radius 3 is 2.50 bits per heavy atom. The molecular weight excluding hydrogens is 452 g/mol. The second-order valence-electron chi connectivity index (χ2n) is 8.55. The Kier molecular flexibility index (Phi) is 7.45. The maximum Gasteiger partial charge on any atom is 0.257 e. The molecule has 0 atom stereocenters. The summed E-state index contributed by atoms with van der Waals surface area (Å²) < 4.78 is 10.6. The molecule has 1 N–H and O–H groups in total. The number of hydrogen-bond acceptors (Lipinski definition) is 7. The zero-order chi connectivity index (χ0) is 24.2. The molecule has 34 heavy (non-hydrogen) atoms. The Morgan fingerprint density at radius 1 is 1.15 bits per heavy atom. The van der Waals surface area contributed by atoms with Crippen LogP contribution in [-0.4, -0.2) is 66.7 Å². The zero-order valence-corrected chi connectivity index (χ0v) is 20.8. The van der Waals surface area contributed by atoms with E-state index >= 15 is 0 Å². The van der Waals surface area contributed by atoms with E-state index in [9.17, 15) is 9.59 Å². The SMILES string of the molecule is Cc1noc(C)c1CN(C)CC(=O)Nc1sc(-c2ccccc2)c(C)c1C(=O)N1CCOCC1. The van der Waals surface area contributed by atoms with E-state index < -0.39 is 0 Å². The van der Waals surface area contributed by atoms with Crippen LogP contribution >= 0.6 is 11.3 Å². The number of thiophene rings is 1. The molecule has 8 nitrogen and oxygen atoms in total. The number of hydrogen-bond donors (Lipinski definition) is 1. The van der Waals surface area contributed by atoms with Gasteiger partial charge >= 0.3 is 0 Å². The molecule has 4 rings (SSSR count). The lowest BCUT2D eigenvalue weighted by Gasteiger charge is -2.27. The lowest BCUT2D eigenvalue weighted by molar-refractivity contribution is -0.117. The van der Waals surface area contributed by atoms with Crippen LogP contribution in [0.5, 0.6) is 0 Å². The van der Waals surface area contributed by atoms with Crippen LogP contribution in [0.15, 0.2) is 34.9 Å². The molecule has 0 radical (unpaired) electrons. The lowest BCUT2D eigenvalue weighted by atomic mass is 10.1. The van der Waals surface area contributed by atoms with E-state index in [0.717, 1.165) is 33.0 Å². The van der Waals surface area contributed by atoms with Crippen LogP contribution in [0.1, 0.15) is 32.9 Å². The number of nitrogens with one attached hydrogen (secondary N) is 1. The molecule has 0 unspecified atom stereocenters. The Labute approximate surface area is 203 Å². The van der Waals surface area contributed by atoms with Crippen LogP contribution in [-0.2, 0) is 16.1 Å². The molecule has 3 aromatic rings. The van der Waals surface area contributed by atoms with Crippen LogP contribution in [0.25, 0.3) is 10.4 Å². The van der Waals surface area contributed by atoms with Crippen molar-refractivity contribution < 1.29 is 18.8 Å². The molecule has 1 aromatic carbocycles. The van der Waals surface area contributed by atoms with Gasteiger partial charge in [0.1, 0.15) is 10.8 Å². The van der Waals surface area contributed by atoms with E-state index in [-0.39, 0.29) is 18.4 Å². The number of nitrogens with zero attached hydrogens (tertiary/aromatic N) is 3. The van der Waals surface area contributed by atoms with Gasteiger partial charge in [-0.1, -0.05) is 35.5 Å². The van der Waals surface area contributed by atoms with Crippen molar-refractivity contribution in [3.8, 4) is 10.4 Å². The Hall–Kier alpha value is -3.01. The average molecular weight is 483 g/mol. The first-order chi connectivity index (χ1) is 16.3. The van der Waals surface area contributed by atoms with Gasteiger partial charge < -0.3 is 19.5 Å². The van der Waals surface area contributed by atoms with Gasteiger partial charge in [-0.15, -0.1) is 11.3 Å². The predicted molar refractivity (Wildman–Crippen MR) is 132 cm³/mol. The number of rotatable bonds is 7. The molecular formula is C25H30N4O4S. The number of ether oxygens (including phenoxy) is 1. The summed E-state index contributed by atoms with van der Waals surface area (Å²) >= 11 is 1.44. The van der Waals surface area contributed by atoms with Crippen LogP contribution in [0.4, 0.5) is 5.00 Å². The van der Waals surface area contributed by atoms with Crippen molar-refractivity contribution in [3.05, 3.63) is 58.5 Å². The highest BCUT2D eigenvalue weighted by Crippen LogP contribution is 2.40. The number of amides is 2. The quantitative estimate of drug-likeness (QED) is 0.550. The van der Waals surface area contributed by atoms with Crippen molar-refractivity contribution in [1.82, 2.24) is 15.0 Å². The third-order valence-electron chi connectivity index (χ3n) is 5.97. The fourth-order valence-electron chi connectivity index (χ4n) is 4.11. The number of aromatic nitrogens is 1. The molecule has 0 spiro atoms. The molecule has 1 aliphatic rings. The maximum atomic E-state index is 13.5. The van der Waals surface area contributed by atoms with E-state index in [0.29, 0.717) is 43.4 Å². The molecule has 3 heterocycles. The minimum atomic E-state index is -0.175. The van der Waals surface area contributed by atoms with Gasteiger partial charge in [0.25, 0.3) is 5.91 Å². The van der Waals surface area contributed by atoms with Gasteiger partial charge in [0.15, 0.2) is 0 Å². The summed E-state index contributed by atoms with van der Waals surface area (Å²) in [4.78, 5) is 31.2. The maximum absolute atomic E-state index is 13.5. The second kappa shape index (κ2) is 10.5. The van der Waals surface area contributed by atoms with Crippen LogP contribution in [0, 0.1) is 20.8 Å². The second-order valence-corrected chi connectivity index (χ2v) is 9.57. The van der Waals surface area contributed by atoms with Crippen LogP contribution < -0.4 is 5.32 Å². The highest BCUT2D eigenvalue weighted by molar-refractivity contribution is 7.20. The number of anilines is 1. The first-order valence-electron chi connectivity index (χ1n) is 11.3. The first kappa shape index (κ1) is 24.1. The number of likely N-dealkylation sites (N-methyl/N-ethyl adjacent to an activating group) is 1. The average Bonchev–Trinajstić information content (AvgIpc) is 3.32. The van der Waals surface area contributed by atoms with Gasteiger partial charge in [-0.2, -0.15) is 0 Å². The summed E-state index contributed by atoms with van der Waals surface area (Å²) in [6.45, 7) is 8.56. The summed E-state index contributed by atoms with van der Waals surface area (Å²) in [5, 5.41) is 7.59. The van der Waals surface area contributed by atoms with Crippen molar-refractivity contribution in [2.75, 3.05) is 45.2 Å². The number of aryl methyl sites for hydroxylation is 2. The third kappa shape index (κ3) is 5.22. The van der Waals surface area contributed by atoms with Crippen molar-refractivity contribution in [3.63, 3.8) is 0 Å². The number of benzene rings is 1. The molecule has 9 heteroatoms. The normalized spacial score (nSPS) is 14.0. The molecule has 2 amide bonds. The molecule has 1 saturated heterocycles. The largest absolute Gasteiger partial charge is 0.378 e. The van der Waals surface area contributed by atoms with Crippen molar-refractivity contribution in [2.45, 2.75) is 27.3 Å². The minimum Gasteiger partial charge on any atom is -0.378 e. The van der Waals surface area contributed by atoms with Gasteiger partial charge in [0, 0.05) is 30.1 Å². The van der Waals surface area contributed by atoms with Crippen LogP contribution in [0.3, 0.4) is 0 Å². The van der Waals surface area contributed by atoms with Gasteiger partial charge in [-0.3, -0.25) is 14.5 Å². The highest BCUT2D eigenvalue weighted by Gasteiger charge is 2.28. The van der Waals surface area contributed by atoms with E-state index in [4.69, 9.17) is 9.26 Å². The Balaban J connectivity index is 1.56. The number of carbonyl (C=O) groups is 2. The number of carbonyl (C=O) groups excluding carboxylic acids is 2. The molecule has 2 aromatic heterocycles. The van der Waals surface area contributed by atoms with Crippen molar-refractivity contribution in [1.29, 1.82) is 0 Å². The summed E-state index contributed by atoms with van der Waals surface area (Å²) in [6, 6.07) is 9.94. The standard InChI is InChI=1S/C25H30N4O4S/c1-16-22(25(31)29-10-12-32-13-11-29)24(34-23(16)19-8-6-5-7-9-19)26-21(30)15-28(4)14-20-17(2)27-33-18(20)3/h5-9H,10-15H2,1-4H3,(H,26,30). The topological polar surface area (TPSA) is 87.9 Å².